The van der Waals surface area contributed by atoms with Gasteiger partial charge in [-0.2, -0.15) is 10.2 Å². The van der Waals surface area contributed by atoms with Crippen molar-refractivity contribution >= 4 is 5.97 Å². The fourth-order valence-electron chi connectivity index (χ4n) is 1.76. The molecule has 1 N–H and O–H groups in total. The van der Waals surface area contributed by atoms with Gasteiger partial charge in [0, 0.05) is 12.7 Å². The Kier molecular flexibility index (Phi) is 3.40. The molecule has 0 fully saturated rings. The summed E-state index contributed by atoms with van der Waals surface area (Å²) in [4.78, 5) is 15.1. The van der Waals surface area contributed by atoms with Crippen molar-refractivity contribution in [3.05, 3.63) is 29.6 Å². The van der Waals surface area contributed by atoms with Gasteiger partial charge in [0.05, 0.1) is 5.69 Å². The van der Waals surface area contributed by atoms with Crippen molar-refractivity contribution in [1.29, 1.82) is 0 Å². The molecule has 0 aromatic carbocycles. The molecule has 2 aromatic heterocycles. The second kappa shape index (κ2) is 4.99. The van der Waals surface area contributed by atoms with Crippen LogP contribution in [0, 0.1) is 6.92 Å². The third kappa shape index (κ3) is 2.39. The second-order valence-electron chi connectivity index (χ2n) is 4.03. The van der Waals surface area contributed by atoms with Gasteiger partial charge in [-0.1, -0.05) is 6.92 Å². The van der Waals surface area contributed by atoms with Crippen molar-refractivity contribution in [2.24, 2.45) is 0 Å². The largest absolute Gasteiger partial charge is 0.478 e. The van der Waals surface area contributed by atoms with Crippen molar-refractivity contribution < 1.29 is 9.90 Å². The summed E-state index contributed by atoms with van der Waals surface area (Å²) in [5.74, 6) is -0.190. The van der Waals surface area contributed by atoms with Crippen LogP contribution in [0.15, 0.2) is 12.5 Å². The first-order valence-electron chi connectivity index (χ1n) is 5.75. The average Bonchev–Trinajstić information content (AvgIpc) is 2.87. The van der Waals surface area contributed by atoms with Gasteiger partial charge in [0.1, 0.15) is 24.3 Å². The van der Waals surface area contributed by atoms with E-state index in [1.165, 1.54) is 12.5 Å². The maximum absolute atomic E-state index is 10.9. The van der Waals surface area contributed by atoms with Gasteiger partial charge in [-0.15, -0.1) is 0 Å². The average molecular weight is 249 g/mol. The van der Waals surface area contributed by atoms with E-state index in [9.17, 15) is 4.79 Å². The summed E-state index contributed by atoms with van der Waals surface area (Å²) in [5.41, 5.74) is 0.723. The van der Waals surface area contributed by atoms with E-state index in [-0.39, 0.29) is 5.56 Å². The highest BCUT2D eigenvalue weighted by atomic mass is 16.4. The lowest BCUT2D eigenvalue weighted by Gasteiger charge is -2.04. The lowest BCUT2D eigenvalue weighted by Crippen LogP contribution is -2.10. The van der Waals surface area contributed by atoms with Gasteiger partial charge in [0.15, 0.2) is 0 Å². The van der Waals surface area contributed by atoms with Crippen LogP contribution in [0.3, 0.4) is 0 Å². The summed E-state index contributed by atoms with van der Waals surface area (Å²) < 4.78 is 3.38. The minimum atomic E-state index is -0.964. The molecule has 7 heteroatoms. The lowest BCUT2D eigenvalue weighted by molar-refractivity contribution is 0.0696. The van der Waals surface area contributed by atoms with Crippen LogP contribution in [-0.2, 0) is 13.1 Å². The van der Waals surface area contributed by atoms with Gasteiger partial charge < -0.3 is 5.11 Å². The van der Waals surface area contributed by atoms with Crippen LogP contribution >= 0.6 is 0 Å². The van der Waals surface area contributed by atoms with E-state index in [4.69, 9.17) is 5.11 Å². The maximum atomic E-state index is 10.9. The maximum Gasteiger partial charge on any atom is 0.339 e. The summed E-state index contributed by atoms with van der Waals surface area (Å²) in [6.45, 7) is 4.96. The molecule has 2 aromatic rings. The third-order valence-electron chi connectivity index (χ3n) is 2.61. The first-order chi connectivity index (χ1) is 8.61. The van der Waals surface area contributed by atoms with E-state index >= 15 is 0 Å². The van der Waals surface area contributed by atoms with Crippen LogP contribution in [-0.4, -0.2) is 35.6 Å². The Balaban J connectivity index is 2.21. The van der Waals surface area contributed by atoms with Crippen LogP contribution in [0.25, 0.3) is 0 Å². The van der Waals surface area contributed by atoms with Crippen LogP contribution in [0.1, 0.15) is 35.2 Å². The molecule has 2 rings (SSSR count). The zero-order valence-corrected chi connectivity index (χ0v) is 10.4. The van der Waals surface area contributed by atoms with Crippen molar-refractivity contribution in [1.82, 2.24) is 24.5 Å². The third-order valence-corrected chi connectivity index (χ3v) is 2.61. The van der Waals surface area contributed by atoms with Gasteiger partial charge >= 0.3 is 5.97 Å². The second-order valence-corrected chi connectivity index (χ2v) is 4.03. The smallest absolute Gasteiger partial charge is 0.339 e. The highest BCUT2D eigenvalue weighted by Crippen LogP contribution is 2.07. The Morgan fingerprint density at radius 2 is 2.28 bits per heavy atom. The molecule has 0 aliphatic carbocycles. The quantitative estimate of drug-likeness (QED) is 0.852. The Hall–Kier alpha value is -2.18. The Morgan fingerprint density at radius 3 is 2.89 bits per heavy atom. The van der Waals surface area contributed by atoms with Gasteiger partial charge in [-0.05, 0) is 13.3 Å². The van der Waals surface area contributed by atoms with Crippen LogP contribution in [0.4, 0.5) is 0 Å². The predicted molar refractivity (Wildman–Crippen MR) is 63.3 cm³/mol. The molecule has 0 amide bonds. The summed E-state index contributed by atoms with van der Waals surface area (Å²) in [5, 5.41) is 17.2. The van der Waals surface area contributed by atoms with Gasteiger partial charge in [-0.3, -0.25) is 4.68 Å². The molecule has 0 saturated heterocycles. The van der Waals surface area contributed by atoms with Crippen molar-refractivity contribution in [2.75, 3.05) is 0 Å². The molecule has 0 spiro atoms. The number of aryl methyl sites for hydroxylation is 2. The van der Waals surface area contributed by atoms with E-state index in [0.29, 0.717) is 12.2 Å². The number of aromatic nitrogens is 5. The lowest BCUT2D eigenvalue weighted by atomic mass is 10.3. The first-order valence-corrected chi connectivity index (χ1v) is 5.75. The minimum absolute atomic E-state index is 0.219. The molecule has 7 nitrogen and oxygen atoms in total. The molecule has 2 heterocycles. The molecule has 18 heavy (non-hydrogen) atoms. The molecule has 96 valence electrons. The number of aromatic carboxylic acids is 1. The topological polar surface area (TPSA) is 85.8 Å². The summed E-state index contributed by atoms with van der Waals surface area (Å²) >= 11 is 0. The number of nitrogens with zero attached hydrogens (tertiary/aromatic N) is 5. The molecular weight excluding hydrogens is 234 g/mol. The Labute approximate surface area is 104 Å². The van der Waals surface area contributed by atoms with Crippen LogP contribution in [0.5, 0.6) is 0 Å². The Bertz CT molecular complexity index is 558. The normalized spacial score (nSPS) is 10.8. The van der Waals surface area contributed by atoms with Gasteiger partial charge in [0.2, 0.25) is 0 Å². The van der Waals surface area contributed by atoms with Gasteiger partial charge in [-0.25, -0.2) is 14.5 Å². The summed E-state index contributed by atoms with van der Waals surface area (Å²) in [6, 6.07) is 0. The number of carboxylic acid groups (broad SMARTS) is 1. The number of carboxylic acids is 1. The number of rotatable bonds is 5. The van der Waals surface area contributed by atoms with Crippen molar-refractivity contribution in [2.45, 2.75) is 33.4 Å². The monoisotopic (exact) mass is 249 g/mol. The van der Waals surface area contributed by atoms with E-state index in [1.54, 1.807) is 16.3 Å². The van der Waals surface area contributed by atoms with Crippen LogP contribution in [0.2, 0.25) is 0 Å². The zero-order chi connectivity index (χ0) is 13.1. The number of hydrogen-bond donors (Lipinski definition) is 1. The van der Waals surface area contributed by atoms with E-state index in [2.05, 4.69) is 22.1 Å². The molecule has 0 bridgehead atoms. The summed E-state index contributed by atoms with van der Waals surface area (Å²) in [6.07, 6.45) is 3.98. The first kappa shape index (κ1) is 12.3. The fraction of sp³-hybridized carbons (Fsp3) is 0.455. The number of hydrogen-bond acceptors (Lipinski definition) is 4. The zero-order valence-electron chi connectivity index (χ0n) is 10.4. The molecule has 0 aliphatic rings. The molecule has 0 atom stereocenters. The molecule has 0 saturated carbocycles. The standard InChI is InChI=1S/C11H15N5O2/c1-3-4-16-10(12-7-13-16)6-15-5-9(11(17)18)8(2)14-15/h5,7H,3-4,6H2,1-2H3,(H,17,18). The minimum Gasteiger partial charge on any atom is -0.478 e. The molecule has 0 radical (unpaired) electrons. The molecule has 0 unspecified atom stereocenters. The predicted octanol–water partition coefficient (Wildman–Crippen LogP) is 0.940. The van der Waals surface area contributed by atoms with Crippen molar-refractivity contribution in [3.63, 3.8) is 0 Å². The Morgan fingerprint density at radius 1 is 1.50 bits per heavy atom. The highest BCUT2D eigenvalue weighted by molar-refractivity contribution is 5.88. The summed E-state index contributed by atoms with van der Waals surface area (Å²) in [7, 11) is 0. The number of carbonyl (C=O) groups is 1. The van der Waals surface area contributed by atoms with E-state index < -0.39 is 5.97 Å². The SMILES string of the molecule is CCCn1ncnc1Cn1cc(C(=O)O)c(C)n1. The van der Waals surface area contributed by atoms with Crippen molar-refractivity contribution in [3.8, 4) is 0 Å². The molecular formula is C11H15N5O2. The van der Waals surface area contributed by atoms with Crippen LogP contribution < -0.4 is 0 Å². The highest BCUT2D eigenvalue weighted by Gasteiger charge is 2.13. The van der Waals surface area contributed by atoms with E-state index in [0.717, 1.165) is 18.8 Å². The van der Waals surface area contributed by atoms with E-state index in [1.807, 2.05) is 0 Å². The fourth-order valence-corrected chi connectivity index (χ4v) is 1.76. The van der Waals surface area contributed by atoms with Gasteiger partial charge in [0.25, 0.3) is 0 Å². The molecule has 0 aliphatic heterocycles.